The van der Waals surface area contributed by atoms with Crippen molar-refractivity contribution in [1.29, 1.82) is 0 Å². The summed E-state index contributed by atoms with van der Waals surface area (Å²) < 4.78 is 7.70. The van der Waals surface area contributed by atoms with Crippen LogP contribution in [0.5, 0.6) is 0 Å². The molecule has 0 amide bonds. The Bertz CT molecular complexity index is 417. The van der Waals surface area contributed by atoms with Crippen LogP contribution in [0, 0.1) is 13.8 Å². The van der Waals surface area contributed by atoms with Gasteiger partial charge in [0.2, 0.25) is 0 Å². The van der Waals surface area contributed by atoms with E-state index in [0.29, 0.717) is 32.0 Å². The molecule has 0 fully saturated rings. The highest BCUT2D eigenvalue weighted by molar-refractivity contribution is 9.10. The van der Waals surface area contributed by atoms with Gasteiger partial charge in [0.15, 0.2) is 0 Å². The molecule has 0 saturated heterocycles. The maximum atomic E-state index is 11.6. The lowest BCUT2D eigenvalue weighted by molar-refractivity contribution is 0.131. The first-order chi connectivity index (χ1) is 7.57. The van der Waals surface area contributed by atoms with Gasteiger partial charge in [0.25, 0.3) is 0 Å². The second-order valence-electron chi connectivity index (χ2n) is 3.43. The topological polar surface area (TPSA) is 70.1 Å². The third-order valence-electron chi connectivity index (χ3n) is 2.26. The lowest BCUT2D eigenvalue weighted by Gasteiger charge is -2.11. The number of nitrogens with two attached hydrogens (primary N) is 1. The van der Waals surface area contributed by atoms with Crippen molar-refractivity contribution in [3.8, 4) is 0 Å². The third kappa shape index (κ3) is 3.13. The van der Waals surface area contributed by atoms with Crippen molar-refractivity contribution in [1.82, 2.24) is 9.55 Å². The third-order valence-corrected chi connectivity index (χ3v) is 3.40. The molecule has 1 rings (SSSR count). The van der Waals surface area contributed by atoms with Gasteiger partial charge < -0.3 is 10.5 Å². The molecule has 1 aromatic heterocycles. The van der Waals surface area contributed by atoms with Crippen LogP contribution in [0.25, 0.3) is 0 Å². The smallest absolute Gasteiger partial charge is 0.348 e. The van der Waals surface area contributed by atoms with Crippen LogP contribution in [0.4, 0.5) is 0 Å². The Morgan fingerprint density at radius 2 is 2.12 bits per heavy atom. The highest BCUT2D eigenvalue weighted by Gasteiger charge is 2.08. The van der Waals surface area contributed by atoms with Gasteiger partial charge in [-0.25, -0.2) is 4.79 Å². The first-order valence-corrected chi connectivity index (χ1v) is 5.88. The molecule has 1 aromatic rings. The highest BCUT2D eigenvalue weighted by Crippen LogP contribution is 2.16. The zero-order valence-electron chi connectivity index (χ0n) is 9.49. The van der Waals surface area contributed by atoms with Crippen LogP contribution in [0.3, 0.4) is 0 Å². The minimum Gasteiger partial charge on any atom is -0.378 e. The minimum absolute atomic E-state index is 0.241. The van der Waals surface area contributed by atoms with Crippen molar-refractivity contribution >= 4 is 15.9 Å². The predicted molar refractivity (Wildman–Crippen MR) is 65.5 cm³/mol. The molecule has 1 heterocycles. The molecule has 0 unspecified atom stereocenters. The molecule has 0 radical (unpaired) electrons. The summed E-state index contributed by atoms with van der Waals surface area (Å²) in [4.78, 5) is 15.5. The summed E-state index contributed by atoms with van der Waals surface area (Å²) in [5.74, 6) is 0. The van der Waals surface area contributed by atoms with Gasteiger partial charge in [-0.15, -0.1) is 0 Å². The maximum Gasteiger partial charge on any atom is 0.348 e. The number of hydrogen-bond donors (Lipinski definition) is 1. The van der Waals surface area contributed by atoms with Crippen LogP contribution in [-0.2, 0) is 11.3 Å². The molecule has 16 heavy (non-hydrogen) atoms. The Kier molecular flexibility index (Phi) is 5.11. The van der Waals surface area contributed by atoms with Crippen LogP contribution in [-0.4, -0.2) is 29.3 Å². The second kappa shape index (κ2) is 6.12. The largest absolute Gasteiger partial charge is 0.378 e. The van der Waals surface area contributed by atoms with Crippen molar-refractivity contribution < 1.29 is 4.74 Å². The molecule has 0 saturated carbocycles. The number of nitrogens with zero attached hydrogens (tertiary/aromatic N) is 2. The summed E-state index contributed by atoms with van der Waals surface area (Å²) in [5.41, 5.74) is 6.64. The molecule has 0 aliphatic rings. The molecule has 0 aliphatic carbocycles. The Labute approximate surface area is 103 Å². The molecule has 0 bridgehead atoms. The molecule has 0 aliphatic heterocycles. The Morgan fingerprint density at radius 1 is 1.44 bits per heavy atom. The van der Waals surface area contributed by atoms with Gasteiger partial charge in [0.05, 0.1) is 29.9 Å². The van der Waals surface area contributed by atoms with E-state index in [-0.39, 0.29) is 5.69 Å². The summed E-state index contributed by atoms with van der Waals surface area (Å²) in [6, 6.07) is 0. The molecule has 90 valence electrons. The highest BCUT2D eigenvalue weighted by atomic mass is 79.9. The summed E-state index contributed by atoms with van der Waals surface area (Å²) in [6.45, 7) is 5.64. The van der Waals surface area contributed by atoms with E-state index in [4.69, 9.17) is 10.5 Å². The fourth-order valence-corrected chi connectivity index (χ4v) is 1.68. The maximum absolute atomic E-state index is 11.6. The minimum atomic E-state index is -0.241. The number of rotatable bonds is 5. The molecular weight excluding hydrogens is 274 g/mol. The zero-order valence-corrected chi connectivity index (χ0v) is 11.1. The number of aryl methyl sites for hydroxylation is 1. The van der Waals surface area contributed by atoms with E-state index in [2.05, 4.69) is 20.9 Å². The van der Waals surface area contributed by atoms with Crippen LogP contribution in [0.1, 0.15) is 11.4 Å². The van der Waals surface area contributed by atoms with Crippen LogP contribution >= 0.6 is 15.9 Å². The van der Waals surface area contributed by atoms with Gasteiger partial charge in [-0.1, -0.05) is 0 Å². The van der Waals surface area contributed by atoms with E-state index in [0.717, 1.165) is 10.2 Å². The molecule has 0 atom stereocenters. The SMILES string of the molecule is Cc1nc(=O)n(CCOCCN)c(C)c1Br. The molecule has 0 spiro atoms. The fourth-order valence-electron chi connectivity index (χ4n) is 1.38. The van der Waals surface area contributed by atoms with Gasteiger partial charge in [-0.2, -0.15) is 4.98 Å². The van der Waals surface area contributed by atoms with Gasteiger partial charge in [0.1, 0.15) is 0 Å². The number of halogens is 1. The second-order valence-corrected chi connectivity index (χ2v) is 4.22. The number of aromatic nitrogens is 2. The van der Waals surface area contributed by atoms with Gasteiger partial charge in [-0.3, -0.25) is 4.57 Å². The molecule has 5 nitrogen and oxygen atoms in total. The molecule has 0 aromatic carbocycles. The van der Waals surface area contributed by atoms with Crippen molar-refractivity contribution in [3.05, 3.63) is 26.3 Å². The van der Waals surface area contributed by atoms with E-state index in [1.165, 1.54) is 0 Å². The molecular formula is C10H16BrN3O2. The quantitative estimate of drug-likeness (QED) is 0.806. The van der Waals surface area contributed by atoms with Gasteiger partial charge in [-0.05, 0) is 29.8 Å². The van der Waals surface area contributed by atoms with Crippen LogP contribution in [0.2, 0.25) is 0 Å². The lowest BCUT2D eigenvalue weighted by atomic mass is 10.3. The summed E-state index contributed by atoms with van der Waals surface area (Å²) in [6.07, 6.45) is 0. The first-order valence-electron chi connectivity index (χ1n) is 5.09. The van der Waals surface area contributed by atoms with E-state index in [1.54, 1.807) is 11.5 Å². The number of ether oxygens (including phenoxy) is 1. The Morgan fingerprint density at radius 3 is 2.75 bits per heavy atom. The van der Waals surface area contributed by atoms with Crippen LogP contribution in [0.15, 0.2) is 9.27 Å². The van der Waals surface area contributed by atoms with E-state index >= 15 is 0 Å². The lowest BCUT2D eigenvalue weighted by Crippen LogP contribution is -2.28. The zero-order chi connectivity index (χ0) is 12.1. The fraction of sp³-hybridized carbons (Fsp3) is 0.600. The molecule has 6 heteroatoms. The average Bonchev–Trinajstić information content (AvgIpc) is 2.25. The summed E-state index contributed by atoms with van der Waals surface area (Å²) >= 11 is 3.40. The molecule has 2 N–H and O–H groups in total. The standard InChI is InChI=1S/C10H16BrN3O2/c1-7-9(11)8(2)14(10(15)13-7)4-6-16-5-3-12/h3-6,12H2,1-2H3. The van der Waals surface area contributed by atoms with E-state index < -0.39 is 0 Å². The van der Waals surface area contributed by atoms with Gasteiger partial charge >= 0.3 is 5.69 Å². The normalized spacial score (nSPS) is 10.8. The predicted octanol–water partition coefficient (Wildman–Crippen LogP) is 0.598. The number of hydrogen-bond acceptors (Lipinski definition) is 4. The monoisotopic (exact) mass is 289 g/mol. The van der Waals surface area contributed by atoms with E-state index in [1.807, 2.05) is 6.92 Å². The average molecular weight is 290 g/mol. The van der Waals surface area contributed by atoms with Crippen molar-refractivity contribution in [2.75, 3.05) is 19.8 Å². The van der Waals surface area contributed by atoms with Gasteiger partial charge in [0, 0.05) is 12.2 Å². The Balaban J connectivity index is 2.80. The van der Waals surface area contributed by atoms with Crippen LogP contribution < -0.4 is 11.4 Å². The Hall–Kier alpha value is -0.720. The van der Waals surface area contributed by atoms with Crippen molar-refractivity contribution in [2.45, 2.75) is 20.4 Å². The van der Waals surface area contributed by atoms with Crippen molar-refractivity contribution in [3.63, 3.8) is 0 Å². The van der Waals surface area contributed by atoms with Crippen molar-refractivity contribution in [2.24, 2.45) is 5.73 Å². The van der Waals surface area contributed by atoms with E-state index in [9.17, 15) is 4.79 Å². The summed E-state index contributed by atoms with van der Waals surface area (Å²) in [7, 11) is 0. The first kappa shape index (κ1) is 13.3. The summed E-state index contributed by atoms with van der Waals surface area (Å²) in [5, 5.41) is 0.